The van der Waals surface area contributed by atoms with Crippen LogP contribution in [0.2, 0.25) is 5.15 Å². The van der Waals surface area contributed by atoms with Crippen LogP contribution in [-0.4, -0.2) is 29.2 Å². The molecule has 0 radical (unpaired) electrons. The van der Waals surface area contributed by atoms with Crippen molar-refractivity contribution in [3.63, 3.8) is 0 Å². The topological polar surface area (TPSA) is 89.0 Å². The lowest BCUT2D eigenvalue weighted by molar-refractivity contribution is 0.194. The molecule has 0 aliphatic carbocycles. The molecule has 0 bridgehead atoms. The standard InChI is InChI=1S/C10H14ClNO2S.CH2N2/c1-14-6-5-9(15(2)13)8-3-4-10(11)12-7-8;2-1-3/h3-4,7,9H,5-6H2,1-2H3;2H2. The van der Waals surface area contributed by atoms with Crippen LogP contribution in [0.15, 0.2) is 18.3 Å². The summed E-state index contributed by atoms with van der Waals surface area (Å²) in [4.78, 5) is 3.98. The maximum Gasteiger partial charge on any atom is 0.173 e. The predicted molar refractivity (Wildman–Crippen MR) is 72.3 cm³/mol. The number of pyridine rings is 1. The molecule has 1 heterocycles. The van der Waals surface area contributed by atoms with Gasteiger partial charge in [-0.05, 0) is 18.1 Å². The molecule has 2 N–H and O–H groups in total. The monoisotopic (exact) mass is 289 g/mol. The van der Waals surface area contributed by atoms with E-state index < -0.39 is 10.8 Å². The van der Waals surface area contributed by atoms with E-state index in [1.54, 1.807) is 25.6 Å². The number of ether oxygens (including phenoxy) is 1. The van der Waals surface area contributed by atoms with Gasteiger partial charge in [0.2, 0.25) is 0 Å². The smallest absolute Gasteiger partial charge is 0.173 e. The molecule has 0 spiro atoms. The number of rotatable bonds is 5. The second-order valence-electron chi connectivity index (χ2n) is 3.31. The van der Waals surface area contributed by atoms with Crippen LogP contribution in [0.3, 0.4) is 0 Å². The van der Waals surface area contributed by atoms with Crippen LogP contribution in [0.1, 0.15) is 17.2 Å². The van der Waals surface area contributed by atoms with E-state index in [0.717, 1.165) is 12.0 Å². The lowest BCUT2D eigenvalue weighted by atomic mass is 10.1. The summed E-state index contributed by atoms with van der Waals surface area (Å²) in [6.07, 6.45) is 5.34. The molecule has 0 aliphatic heterocycles. The van der Waals surface area contributed by atoms with Gasteiger partial charge in [0, 0.05) is 37.0 Å². The van der Waals surface area contributed by atoms with E-state index in [0.29, 0.717) is 11.8 Å². The minimum Gasteiger partial charge on any atom is -0.385 e. The Balaban J connectivity index is 0.000000873. The lowest BCUT2D eigenvalue weighted by Crippen LogP contribution is -2.08. The summed E-state index contributed by atoms with van der Waals surface area (Å²) < 4.78 is 16.5. The van der Waals surface area contributed by atoms with E-state index in [-0.39, 0.29) is 5.25 Å². The van der Waals surface area contributed by atoms with Gasteiger partial charge >= 0.3 is 0 Å². The number of halogens is 1. The predicted octanol–water partition coefficient (Wildman–Crippen LogP) is 1.62. The average Bonchev–Trinajstić information content (AvgIpc) is 2.32. The van der Waals surface area contributed by atoms with Crippen LogP contribution in [0, 0.1) is 11.5 Å². The minimum absolute atomic E-state index is 0.0327. The van der Waals surface area contributed by atoms with Crippen molar-refractivity contribution in [2.45, 2.75) is 11.7 Å². The minimum atomic E-state index is -0.926. The fourth-order valence-corrected chi connectivity index (χ4v) is 2.39. The van der Waals surface area contributed by atoms with Gasteiger partial charge in [-0.1, -0.05) is 17.7 Å². The summed E-state index contributed by atoms with van der Waals surface area (Å²) in [5, 5.41) is 7.51. The van der Waals surface area contributed by atoms with Crippen LogP contribution < -0.4 is 5.73 Å². The van der Waals surface area contributed by atoms with Crippen molar-refractivity contribution in [3.8, 4) is 6.19 Å². The highest BCUT2D eigenvalue weighted by molar-refractivity contribution is 7.84. The summed E-state index contributed by atoms with van der Waals surface area (Å²) in [6, 6.07) is 3.57. The summed E-state index contributed by atoms with van der Waals surface area (Å²) in [6.45, 7) is 0.590. The molecule has 2 unspecified atom stereocenters. The fraction of sp³-hybridized carbons (Fsp3) is 0.455. The van der Waals surface area contributed by atoms with E-state index >= 15 is 0 Å². The van der Waals surface area contributed by atoms with Gasteiger partial charge in [0.05, 0.1) is 5.25 Å². The van der Waals surface area contributed by atoms with Crippen molar-refractivity contribution < 1.29 is 8.95 Å². The zero-order valence-corrected chi connectivity index (χ0v) is 11.9. The van der Waals surface area contributed by atoms with Gasteiger partial charge in [0.1, 0.15) is 5.15 Å². The summed E-state index contributed by atoms with van der Waals surface area (Å²) in [5.74, 6) is 0. The molecule has 1 rings (SSSR count). The number of hydrogen-bond acceptors (Lipinski definition) is 5. The third kappa shape index (κ3) is 6.55. The lowest BCUT2D eigenvalue weighted by Gasteiger charge is -2.13. The maximum absolute atomic E-state index is 11.5. The van der Waals surface area contributed by atoms with Gasteiger partial charge in [-0.2, -0.15) is 5.26 Å². The van der Waals surface area contributed by atoms with Crippen LogP contribution >= 0.6 is 11.6 Å². The van der Waals surface area contributed by atoms with E-state index in [4.69, 9.17) is 21.6 Å². The fourth-order valence-electron chi connectivity index (χ4n) is 1.33. The molecule has 0 fully saturated rings. The van der Waals surface area contributed by atoms with Gasteiger partial charge < -0.3 is 10.5 Å². The molecular weight excluding hydrogens is 274 g/mol. The summed E-state index contributed by atoms with van der Waals surface area (Å²) in [7, 11) is 0.709. The van der Waals surface area contributed by atoms with E-state index in [2.05, 4.69) is 10.7 Å². The third-order valence-corrected chi connectivity index (χ3v) is 3.64. The second kappa shape index (κ2) is 9.83. The Labute approximate surface area is 114 Å². The van der Waals surface area contributed by atoms with Crippen molar-refractivity contribution >= 4 is 22.4 Å². The number of methoxy groups -OCH3 is 1. The first-order valence-electron chi connectivity index (χ1n) is 5.09. The number of hydrogen-bond donors (Lipinski definition) is 1. The molecule has 0 aliphatic rings. The first-order valence-corrected chi connectivity index (χ1v) is 7.09. The van der Waals surface area contributed by atoms with E-state index in [1.165, 1.54) is 6.19 Å². The Hall–Kier alpha value is -1.16. The van der Waals surface area contributed by atoms with Gasteiger partial charge in [-0.3, -0.25) is 4.21 Å². The number of nitrogens with zero attached hydrogens (tertiary/aromatic N) is 2. The van der Waals surface area contributed by atoms with Crippen LogP contribution in [0.25, 0.3) is 0 Å². The molecule has 1 aromatic heterocycles. The van der Waals surface area contributed by atoms with Gasteiger partial charge in [-0.15, -0.1) is 0 Å². The van der Waals surface area contributed by atoms with Gasteiger partial charge in [0.25, 0.3) is 0 Å². The van der Waals surface area contributed by atoms with Crippen LogP contribution in [0.5, 0.6) is 0 Å². The zero-order chi connectivity index (χ0) is 14.0. The summed E-state index contributed by atoms with van der Waals surface area (Å²) >= 11 is 5.69. The third-order valence-electron chi connectivity index (χ3n) is 2.11. The molecule has 0 aromatic carbocycles. The Morgan fingerprint density at radius 1 is 1.67 bits per heavy atom. The SMILES string of the molecule is COCCC(c1ccc(Cl)nc1)S(C)=O.N#CN. The molecule has 0 saturated carbocycles. The molecule has 5 nitrogen and oxygen atoms in total. The number of aromatic nitrogens is 1. The molecule has 100 valence electrons. The molecule has 2 atom stereocenters. The highest BCUT2D eigenvalue weighted by atomic mass is 35.5. The average molecular weight is 290 g/mol. The molecule has 0 amide bonds. The second-order valence-corrected chi connectivity index (χ2v) is 5.27. The number of nitriles is 1. The zero-order valence-electron chi connectivity index (χ0n) is 10.3. The summed E-state index contributed by atoms with van der Waals surface area (Å²) in [5.41, 5.74) is 5.09. The maximum atomic E-state index is 11.5. The Kier molecular flexibility index (Phi) is 9.19. The van der Waals surface area contributed by atoms with Crippen LogP contribution in [-0.2, 0) is 15.5 Å². The van der Waals surface area contributed by atoms with E-state index in [9.17, 15) is 4.21 Å². The molecule has 0 saturated heterocycles. The van der Waals surface area contributed by atoms with Crippen molar-refractivity contribution in [1.82, 2.24) is 4.98 Å². The van der Waals surface area contributed by atoms with Crippen molar-refractivity contribution in [1.29, 1.82) is 5.26 Å². The number of nitrogens with two attached hydrogens (primary N) is 1. The highest BCUT2D eigenvalue weighted by Crippen LogP contribution is 2.22. The molecule has 1 aromatic rings. The molecular formula is C11H16ClN3O2S. The van der Waals surface area contributed by atoms with Gasteiger partial charge in [-0.25, -0.2) is 4.98 Å². The molecule has 18 heavy (non-hydrogen) atoms. The Morgan fingerprint density at radius 3 is 2.67 bits per heavy atom. The largest absolute Gasteiger partial charge is 0.385 e. The molecule has 7 heteroatoms. The first kappa shape index (κ1) is 16.8. The Morgan fingerprint density at radius 2 is 2.28 bits per heavy atom. The van der Waals surface area contributed by atoms with Crippen LogP contribution in [0.4, 0.5) is 0 Å². The van der Waals surface area contributed by atoms with Crippen molar-refractivity contribution in [2.24, 2.45) is 5.73 Å². The first-order chi connectivity index (χ1) is 8.56. The van der Waals surface area contributed by atoms with E-state index in [1.807, 2.05) is 6.07 Å². The highest BCUT2D eigenvalue weighted by Gasteiger charge is 2.15. The Bertz CT molecular complexity index is 406. The normalized spacial score (nSPS) is 12.8. The van der Waals surface area contributed by atoms with Crippen molar-refractivity contribution in [3.05, 3.63) is 29.0 Å². The van der Waals surface area contributed by atoms with Crippen molar-refractivity contribution in [2.75, 3.05) is 20.0 Å². The van der Waals surface area contributed by atoms with Gasteiger partial charge in [0.15, 0.2) is 6.19 Å². The quantitative estimate of drug-likeness (QED) is 0.505.